The van der Waals surface area contributed by atoms with Crippen LogP contribution in [0, 0.1) is 0 Å². The van der Waals surface area contributed by atoms with Gasteiger partial charge in [0.15, 0.2) is 0 Å². The van der Waals surface area contributed by atoms with Gasteiger partial charge in [0, 0.05) is 27.1 Å². The van der Waals surface area contributed by atoms with Gasteiger partial charge in [-0.25, -0.2) is 0 Å². The molecule has 0 aliphatic carbocycles. The van der Waals surface area contributed by atoms with E-state index in [1.807, 2.05) is 11.3 Å². The van der Waals surface area contributed by atoms with Crippen molar-refractivity contribution in [2.24, 2.45) is 0 Å². The van der Waals surface area contributed by atoms with Crippen LogP contribution < -0.4 is 0 Å². The highest BCUT2D eigenvalue weighted by atomic mass is 32.1. The maximum atomic E-state index is 2.26. The van der Waals surface area contributed by atoms with Crippen LogP contribution in [-0.4, -0.2) is 25.5 Å². The second-order valence-electron chi connectivity index (χ2n) is 5.37. The van der Waals surface area contributed by atoms with Gasteiger partial charge in [0.25, 0.3) is 0 Å². The predicted octanol–water partition coefficient (Wildman–Crippen LogP) is 5.14. The van der Waals surface area contributed by atoms with Crippen molar-refractivity contribution in [1.82, 2.24) is 4.90 Å². The Morgan fingerprint density at radius 1 is 0.952 bits per heavy atom. The highest BCUT2D eigenvalue weighted by molar-refractivity contribution is 7.20. The molecule has 0 aliphatic heterocycles. The van der Waals surface area contributed by atoms with Crippen LogP contribution in [-0.2, 0) is 0 Å². The van der Waals surface area contributed by atoms with Crippen LogP contribution in [0.25, 0.3) is 27.3 Å². The van der Waals surface area contributed by atoms with Crippen LogP contribution in [0.4, 0.5) is 0 Å². The Kier molecular flexibility index (Phi) is 4.18. The van der Waals surface area contributed by atoms with E-state index in [1.165, 1.54) is 26.1 Å². The zero-order chi connectivity index (χ0) is 14.7. The summed E-state index contributed by atoms with van der Waals surface area (Å²) in [6.07, 6.45) is 4.49. The number of rotatable bonds is 4. The molecular weight excluding hydrogens is 274 g/mol. The number of nitrogens with zero attached hydrogens (tertiary/aromatic N) is 1. The fourth-order valence-corrected chi connectivity index (χ4v) is 3.61. The minimum atomic E-state index is 0.961. The maximum absolute atomic E-state index is 2.26. The van der Waals surface area contributed by atoms with Gasteiger partial charge >= 0.3 is 0 Å². The third-order valence-electron chi connectivity index (χ3n) is 3.42. The molecule has 0 atom stereocenters. The van der Waals surface area contributed by atoms with Crippen LogP contribution in [0.3, 0.4) is 0 Å². The van der Waals surface area contributed by atoms with Crippen molar-refractivity contribution in [2.75, 3.05) is 20.6 Å². The second-order valence-corrected chi connectivity index (χ2v) is 6.45. The molecule has 0 bridgehead atoms. The molecule has 0 saturated heterocycles. The monoisotopic (exact) mass is 293 g/mol. The summed E-state index contributed by atoms with van der Waals surface area (Å²) in [4.78, 5) is 3.51. The summed E-state index contributed by atoms with van der Waals surface area (Å²) in [5.74, 6) is 0. The molecule has 0 spiro atoms. The van der Waals surface area contributed by atoms with E-state index in [9.17, 15) is 0 Å². The van der Waals surface area contributed by atoms with Crippen molar-refractivity contribution < 1.29 is 0 Å². The molecule has 106 valence electrons. The first-order valence-electron chi connectivity index (χ1n) is 7.14. The highest BCUT2D eigenvalue weighted by Gasteiger charge is 2.11. The van der Waals surface area contributed by atoms with E-state index in [0.29, 0.717) is 0 Å². The van der Waals surface area contributed by atoms with Crippen LogP contribution in [0.5, 0.6) is 0 Å². The summed E-state index contributed by atoms with van der Waals surface area (Å²) in [5, 5.41) is 1.35. The van der Waals surface area contributed by atoms with Gasteiger partial charge in [0.2, 0.25) is 0 Å². The van der Waals surface area contributed by atoms with E-state index in [0.717, 1.165) is 6.54 Å². The van der Waals surface area contributed by atoms with Crippen molar-refractivity contribution >= 4 is 27.5 Å². The van der Waals surface area contributed by atoms with Crippen LogP contribution in [0.1, 0.15) is 4.88 Å². The lowest BCUT2D eigenvalue weighted by Crippen LogP contribution is -2.10. The Morgan fingerprint density at radius 3 is 2.43 bits per heavy atom. The zero-order valence-corrected chi connectivity index (χ0v) is 13.2. The average Bonchev–Trinajstić information content (AvgIpc) is 2.86. The van der Waals surface area contributed by atoms with Crippen molar-refractivity contribution in [3.8, 4) is 11.1 Å². The van der Waals surface area contributed by atoms with Crippen LogP contribution in [0.2, 0.25) is 0 Å². The highest BCUT2D eigenvalue weighted by Crippen LogP contribution is 2.39. The van der Waals surface area contributed by atoms with Gasteiger partial charge < -0.3 is 4.90 Å². The Balaban J connectivity index is 2.13. The van der Waals surface area contributed by atoms with E-state index in [4.69, 9.17) is 0 Å². The first-order valence-corrected chi connectivity index (χ1v) is 7.95. The SMILES string of the molecule is CN(C)CC=Cc1sc2ccccc2c1-c1ccccc1. The van der Waals surface area contributed by atoms with Crippen molar-refractivity contribution in [3.63, 3.8) is 0 Å². The topological polar surface area (TPSA) is 3.24 Å². The number of thiophene rings is 1. The Hall–Kier alpha value is -1.90. The van der Waals surface area contributed by atoms with Crippen molar-refractivity contribution in [3.05, 3.63) is 65.6 Å². The minimum Gasteiger partial charge on any atom is -0.306 e. The Morgan fingerprint density at radius 2 is 1.67 bits per heavy atom. The summed E-state index contributed by atoms with van der Waals surface area (Å²) < 4.78 is 1.35. The number of benzene rings is 2. The van der Waals surface area contributed by atoms with E-state index < -0.39 is 0 Å². The number of hydrogen-bond donors (Lipinski definition) is 0. The molecule has 1 heterocycles. The van der Waals surface area contributed by atoms with Crippen LogP contribution >= 0.6 is 11.3 Å². The van der Waals surface area contributed by atoms with Gasteiger partial charge in [0.1, 0.15) is 0 Å². The van der Waals surface area contributed by atoms with E-state index in [-0.39, 0.29) is 0 Å². The molecule has 1 nitrogen and oxygen atoms in total. The average molecular weight is 293 g/mol. The molecule has 2 aromatic carbocycles. The maximum Gasteiger partial charge on any atom is 0.0358 e. The van der Waals surface area contributed by atoms with E-state index in [1.54, 1.807) is 0 Å². The van der Waals surface area contributed by atoms with Crippen molar-refractivity contribution in [1.29, 1.82) is 0 Å². The molecule has 2 heteroatoms. The van der Waals surface area contributed by atoms with E-state index >= 15 is 0 Å². The molecule has 0 saturated carbocycles. The number of fused-ring (bicyclic) bond motifs is 1. The van der Waals surface area contributed by atoms with Gasteiger partial charge in [0.05, 0.1) is 0 Å². The number of hydrogen-bond acceptors (Lipinski definition) is 2. The fraction of sp³-hybridized carbons (Fsp3) is 0.158. The summed E-state index contributed by atoms with van der Waals surface area (Å²) in [7, 11) is 4.18. The van der Waals surface area contributed by atoms with Crippen molar-refractivity contribution in [2.45, 2.75) is 0 Å². The molecule has 21 heavy (non-hydrogen) atoms. The first-order chi connectivity index (χ1) is 10.3. The third-order valence-corrected chi connectivity index (χ3v) is 4.56. The molecule has 0 N–H and O–H groups in total. The summed E-state index contributed by atoms with van der Waals surface area (Å²) >= 11 is 1.87. The lowest BCUT2D eigenvalue weighted by molar-refractivity contribution is 0.457. The van der Waals surface area contributed by atoms with Gasteiger partial charge in [-0.1, -0.05) is 54.6 Å². The van der Waals surface area contributed by atoms with Gasteiger partial charge in [-0.2, -0.15) is 0 Å². The smallest absolute Gasteiger partial charge is 0.0358 e. The fourth-order valence-electron chi connectivity index (χ4n) is 2.45. The van der Waals surface area contributed by atoms with Gasteiger partial charge in [-0.05, 0) is 31.8 Å². The van der Waals surface area contributed by atoms with Crippen LogP contribution in [0.15, 0.2) is 60.7 Å². The first kappa shape index (κ1) is 14.1. The summed E-state index contributed by atoms with van der Waals surface area (Å²) in [5.41, 5.74) is 2.64. The largest absolute Gasteiger partial charge is 0.306 e. The molecule has 3 rings (SSSR count). The number of likely N-dealkylation sites (N-methyl/N-ethyl adjacent to an activating group) is 1. The molecule has 0 aliphatic rings. The van der Waals surface area contributed by atoms with Gasteiger partial charge in [-0.15, -0.1) is 11.3 Å². The Labute approximate surface area is 130 Å². The third kappa shape index (κ3) is 3.07. The molecule has 0 unspecified atom stereocenters. The minimum absolute atomic E-state index is 0.961. The molecule has 0 fully saturated rings. The summed E-state index contributed by atoms with van der Waals surface area (Å²) in [6.45, 7) is 0.961. The normalized spacial score (nSPS) is 11.8. The molecule has 1 aromatic heterocycles. The lowest BCUT2D eigenvalue weighted by Gasteiger charge is -2.04. The second kappa shape index (κ2) is 6.25. The zero-order valence-electron chi connectivity index (χ0n) is 12.4. The predicted molar refractivity (Wildman–Crippen MR) is 94.8 cm³/mol. The van der Waals surface area contributed by atoms with E-state index in [2.05, 4.69) is 85.7 Å². The lowest BCUT2D eigenvalue weighted by atomic mass is 10.0. The molecule has 0 amide bonds. The summed E-state index contributed by atoms with van der Waals surface area (Å²) in [6, 6.07) is 19.3. The molecular formula is C19H19NS. The standard InChI is InChI=1S/C19H19NS/c1-20(2)14-8-13-18-19(15-9-4-3-5-10-15)16-11-6-7-12-17(16)21-18/h3-13H,14H2,1-2H3. The quantitative estimate of drug-likeness (QED) is 0.643. The molecule has 3 aromatic rings. The molecule has 0 radical (unpaired) electrons. The Bertz CT molecular complexity index is 754. The van der Waals surface area contributed by atoms with Gasteiger partial charge in [-0.3, -0.25) is 0 Å².